The second kappa shape index (κ2) is 4.44. The Bertz CT molecular complexity index is 497. The molecule has 0 aliphatic rings. The van der Waals surface area contributed by atoms with Crippen molar-refractivity contribution in [2.24, 2.45) is 0 Å². The predicted molar refractivity (Wildman–Crippen MR) is 58.4 cm³/mol. The van der Waals surface area contributed by atoms with E-state index in [9.17, 15) is 10.1 Å². The minimum Gasteiger partial charge on any atom is -0.456 e. The van der Waals surface area contributed by atoms with E-state index in [2.05, 4.69) is 6.07 Å². The maximum absolute atomic E-state index is 10.5. The average molecular weight is 214 g/mol. The van der Waals surface area contributed by atoms with Gasteiger partial charge in [-0.2, -0.15) is 0 Å². The van der Waals surface area contributed by atoms with Crippen molar-refractivity contribution >= 4 is 5.69 Å². The molecule has 16 heavy (non-hydrogen) atoms. The molecule has 2 aromatic carbocycles. The normalized spacial score (nSPS) is 9.75. The van der Waals surface area contributed by atoms with Crippen LogP contribution in [-0.4, -0.2) is 4.92 Å². The predicted octanol–water partition coefficient (Wildman–Crippen LogP) is 3.19. The molecule has 0 aliphatic carbocycles. The summed E-state index contributed by atoms with van der Waals surface area (Å²) in [5.74, 6) is 0.958. The molecule has 2 rings (SSSR count). The Hall–Kier alpha value is -2.36. The van der Waals surface area contributed by atoms with Gasteiger partial charge in [0.2, 0.25) is 0 Å². The third kappa shape index (κ3) is 2.36. The van der Waals surface area contributed by atoms with Gasteiger partial charge in [-0.15, -0.1) is 0 Å². The van der Waals surface area contributed by atoms with Gasteiger partial charge >= 0.3 is 0 Å². The molecule has 1 radical (unpaired) electrons. The molecule has 0 amide bonds. The lowest BCUT2D eigenvalue weighted by Gasteiger charge is -2.03. The number of non-ortho nitro benzene ring substituents is 1. The second-order valence-electron chi connectivity index (χ2n) is 3.08. The molecule has 0 bridgehead atoms. The number of hydrogen-bond donors (Lipinski definition) is 0. The minimum atomic E-state index is -0.457. The highest BCUT2D eigenvalue weighted by Gasteiger charge is 2.06. The van der Waals surface area contributed by atoms with E-state index in [0.717, 1.165) is 0 Å². The zero-order valence-electron chi connectivity index (χ0n) is 8.29. The largest absolute Gasteiger partial charge is 0.456 e. The average Bonchev–Trinajstić information content (AvgIpc) is 2.30. The van der Waals surface area contributed by atoms with Crippen molar-refractivity contribution in [3.05, 3.63) is 64.7 Å². The molecule has 0 aromatic heterocycles. The Kier molecular flexibility index (Phi) is 2.82. The number of nitro benzene ring substituents is 1. The van der Waals surface area contributed by atoms with Crippen LogP contribution in [0.5, 0.6) is 11.5 Å². The van der Waals surface area contributed by atoms with Crippen molar-refractivity contribution in [3.8, 4) is 11.5 Å². The molecule has 0 saturated heterocycles. The Morgan fingerprint density at radius 1 is 1.19 bits per heavy atom. The van der Waals surface area contributed by atoms with Crippen LogP contribution in [-0.2, 0) is 0 Å². The lowest BCUT2D eigenvalue weighted by Crippen LogP contribution is -1.89. The summed E-state index contributed by atoms with van der Waals surface area (Å²) >= 11 is 0. The third-order valence-electron chi connectivity index (χ3n) is 1.94. The van der Waals surface area contributed by atoms with Crippen LogP contribution in [0, 0.1) is 16.2 Å². The van der Waals surface area contributed by atoms with Crippen molar-refractivity contribution in [2.75, 3.05) is 0 Å². The van der Waals surface area contributed by atoms with Crippen LogP contribution in [0.2, 0.25) is 0 Å². The Morgan fingerprint density at radius 2 is 2.06 bits per heavy atom. The fourth-order valence-corrected chi connectivity index (χ4v) is 1.23. The van der Waals surface area contributed by atoms with Crippen molar-refractivity contribution in [1.82, 2.24) is 0 Å². The summed E-state index contributed by atoms with van der Waals surface area (Å²) in [7, 11) is 0. The van der Waals surface area contributed by atoms with Gasteiger partial charge in [-0.05, 0) is 12.1 Å². The van der Waals surface area contributed by atoms with E-state index in [1.165, 1.54) is 12.1 Å². The second-order valence-corrected chi connectivity index (χ2v) is 3.08. The van der Waals surface area contributed by atoms with Crippen LogP contribution >= 0.6 is 0 Å². The monoisotopic (exact) mass is 214 g/mol. The summed E-state index contributed by atoms with van der Waals surface area (Å²) in [6.07, 6.45) is 0. The molecule has 4 heteroatoms. The van der Waals surface area contributed by atoms with Crippen LogP contribution < -0.4 is 4.74 Å². The smallest absolute Gasteiger partial charge is 0.273 e. The first-order chi connectivity index (χ1) is 7.75. The third-order valence-corrected chi connectivity index (χ3v) is 1.94. The first kappa shape index (κ1) is 10.2. The molecular formula is C12H8NO3. The van der Waals surface area contributed by atoms with Gasteiger partial charge in [-0.25, -0.2) is 0 Å². The van der Waals surface area contributed by atoms with Gasteiger partial charge in [-0.3, -0.25) is 10.1 Å². The topological polar surface area (TPSA) is 52.4 Å². The van der Waals surface area contributed by atoms with Crippen LogP contribution in [0.3, 0.4) is 0 Å². The lowest BCUT2D eigenvalue weighted by molar-refractivity contribution is -0.384. The van der Waals surface area contributed by atoms with Crippen LogP contribution in [0.4, 0.5) is 5.69 Å². The molecule has 2 aromatic rings. The molecular weight excluding hydrogens is 206 g/mol. The van der Waals surface area contributed by atoms with Gasteiger partial charge in [0.1, 0.15) is 11.5 Å². The molecule has 0 spiro atoms. The number of ether oxygens (including phenoxy) is 1. The fraction of sp³-hybridized carbons (Fsp3) is 0. The van der Waals surface area contributed by atoms with Crippen molar-refractivity contribution in [3.63, 3.8) is 0 Å². The fourth-order valence-electron chi connectivity index (χ4n) is 1.23. The Balaban J connectivity index is 2.22. The summed E-state index contributed by atoms with van der Waals surface area (Å²) < 4.78 is 5.41. The van der Waals surface area contributed by atoms with Gasteiger partial charge in [-0.1, -0.05) is 24.3 Å². The van der Waals surface area contributed by atoms with E-state index in [1.54, 1.807) is 24.3 Å². The standard InChI is InChI=1S/C12H8NO3/c14-13(15)10-5-4-8-12(9-10)16-11-6-2-1-3-7-11/h1-6,8-9H. The first-order valence-corrected chi connectivity index (χ1v) is 4.65. The Labute approximate surface area is 92.3 Å². The summed E-state index contributed by atoms with van der Waals surface area (Å²) in [6, 6.07) is 16.0. The highest BCUT2D eigenvalue weighted by molar-refractivity contribution is 5.40. The first-order valence-electron chi connectivity index (χ1n) is 4.65. The summed E-state index contributed by atoms with van der Waals surface area (Å²) in [5.41, 5.74) is 0.00781. The maximum atomic E-state index is 10.5. The van der Waals surface area contributed by atoms with E-state index in [0.29, 0.717) is 11.5 Å². The highest BCUT2D eigenvalue weighted by Crippen LogP contribution is 2.24. The van der Waals surface area contributed by atoms with Crippen LogP contribution in [0.15, 0.2) is 48.5 Å². The molecule has 0 N–H and O–H groups in total. The molecule has 0 saturated carbocycles. The molecule has 0 heterocycles. The van der Waals surface area contributed by atoms with Gasteiger partial charge < -0.3 is 4.74 Å². The van der Waals surface area contributed by atoms with E-state index in [1.807, 2.05) is 12.1 Å². The lowest BCUT2D eigenvalue weighted by atomic mass is 10.3. The number of benzene rings is 2. The summed E-state index contributed by atoms with van der Waals surface area (Å²) in [4.78, 5) is 10.1. The number of hydrogen-bond acceptors (Lipinski definition) is 3. The molecule has 0 aliphatic heterocycles. The van der Waals surface area contributed by atoms with E-state index < -0.39 is 4.92 Å². The molecule has 4 nitrogen and oxygen atoms in total. The summed E-state index contributed by atoms with van der Waals surface area (Å²) in [6.45, 7) is 0. The number of nitrogens with zero attached hydrogens (tertiary/aromatic N) is 1. The van der Waals surface area contributed by atoms with Gasteiger partial charge in [0.05, 0.1) is 11.0 Å². The van der Waals surface area contributed by atoms with E-state index >= 15 is 0 Å². The van der Waals surface area contributed by atoms with E-state index in [4.69, 9.17) is 4.74 Å². The quantitative estimate of drug-likeness (QED) is 0.582. The SMILES string of the molecule is O=[N+]([O-])c1cccc(Oc2[c]cccc2)c1. The Morgan fingerprint density at radius 3 is 2.75 bits per heavy atom. The number of nitro groups is 1. The molecule has 0 unspecified atom stereocenters. The van der Waals surface area contributed by atoms with Crippen molar-refractivity contribution < 1.29 is 9.66 Å². The van der Waals surface area contributed by atoms with Crippen LogP contribution in [0.25, 0.3) is 0 Å². The van der Waals surface area contributed by atoms with E-state index in [-0.39, 0.29) is 5.69 Å². The zero-order valence-corrected chi connectivity index (χ0v) is 8.29. The van der Waals surface area contributed by atoms with Crippen molar-refractivity contribution in [1.29, 1.82) is 0 Å². The number of rotatable bonds is 3. The van der Waals surface area contributed by atoms with Gasteiger partial charge in [0.25, 0.3) is 5.69 Å². The zero-order chi connectivity index (χ0) is 11.4. The molecule has 0 atom stereocenters. The summed E-state index contributed by atoms with van der Waals surface area (Å²) in [5, 5.41) is 10.5. The maximum Gasteiger partial charge on any atom is 0.273 e. The minimum absolute atomic E-state index is 0.00781. The van der Waals surface area contributed by atoms with Crippen LogP contribution in [0.1, 0.15) is 0 Å². The van der Waals surface area contributed by atoms with Gasteiger partial charge in [0, 0.05) is 12.1 Å². The number of para-hydroxylation sites is 1. The van der Waals surface area contributed by atoms with Crippen molar-refractivity contribution in [2.45, 2.75) is 0 Å². The highest BCUT2D eigenvalue weighted by atomic mass is 16.6. The molecule has 0 fully saturated rings. The molecule has 79 valence electrons. The van der Waals surface area contributed by atoms with Gasteiger partial charge in [0.15, 0.2) is 0 Å².